The standard InChI is InChI=1S/C20H26BrN5.HI/c1-14-7-9-25(12-19(14)26-10-8-23-13-26)20(22-2)24-18-11-17(18)15-3-5-16(21)6-4-15;/h3-6,8,10,13-14,17-19H,7,9,11-12H2,1-2H3,(H,22,24);1H. The first-order valence-electron chi connectivity index (χ1n) is 9.37. The van der Waals surface area contributed by atoms with Crippen LogP contribution in [0.1, 0.15) is 37.3 Å². The number of hydrogen-bond donors (Lipinski definition) is 1. The third kappa shape index (κ3) is 4.67. The van der Waals surface area contributed by atoms with Crippen molar-refractivity contribution in [1.82, 2.24) is 19.8 Å². The molecule has 2 heterocycles. The highest BCUT2D eigenvalue weighted by Gasteiger charge is 2.40. The van der Waals surface area contributed by atoms with Crippen molar-refractivity contribution >= 4 is 45.9 Å². The van der Waals surface area contributed by atoms with E-state index in [1.54, 1.807) is 0 Å². The van der Waals surface area contributed by atoms with E-state index in [0.717, 1.165) is 23.5 Å². The Balaban J connectivity index is 0.00000210. The Bertz CT molecular complexity index is 761. The van der Waals surface area contributed by atoms with Gasteiger partial charge in [0.25, 0.3) is 0 Å². The number of likely N-dealkylation sites (tertiary alicyclic amines) is 1. The first-order chi connectivity index (χ1) is 12.7. The molecule has 2 aliphatic rings. The molecule has 0 bridgehead atoms. The van der Waals surface area contributed by atoms with Crippen molar-refractivity contribution in [2.24, 2.45) is 10.9 Å². The summed E-state index contributed by atoms with van der Waals surface area (Å²) in [5, 5.41) is 3.69. The predicted octanol–water partition coefficient (Wildman–Crippen LogP) is 4.28. The number of imidazole rings is 1. The van der Waals surface area contributed by atoms with Crippen LogP contribution in [-0.2, 0) is 0 Å². The number of piperidine rings is 1. The summed E-state index contributed by atoms with van der Waals surface area (Å²) < 4.78 is 3.38. The molecule has 1 aliphatic carbocycles. The van der Waals surface area contributed by atoms with Crippen LogP contribution in [-0.4, -0.2) is 46.6 Å². The van der Waals surface area contributed by atoms with Gasteiger partial charge in [-0.1, -0.05) is 35.0 Å². The number of aliphatic imine (C=N–C) groups is 1. The lowest BCUT2D eigenvalue weighted by atomic mass is 9.93. The molecule has 27 heavy (non-hydrogen) atoms. The fourth-order valence-electron chi connectivity index (χ4n) is 3.99. The zero-order chi connectivity index (χ0) is 18.1. The fourth-order valence-corrected chi connectivity index (χ4v) is 4.26. The van der Waals surface area contributed by atoms with E-state index in [4.69, 9.17) is 0 Å². The fraction of sp³-hybridized carbons (Fsp3) is 0.500. The molecule has 1 saturated carbocycles. The van der Waals surface area contributed by atoms with Crippen molar-refractivity contribution in [2.45, 2.75) is 37.8 Å². The first kappa shape index (κ1) is 20.6. The molecule has 4 atom stereocenters. The van der Waals surface area contributed by atoms with E-state index < -0.39 is 0 Å². The van der Waals surface area contributed by atoms with Gasteiger partial charge in [0.15, 0.2) is 5.96 Å². The summed E-state index contributed by atoms with van der Waals surface area (Å²) >= 11 is 3.51. The minimum absolute atomic E-state index is 0. The van der Waals surface area contributed by atoms with Gasteiger partial charge in [-0.25, -0.2) is 4.98 Å². The highest BCUT2D eigenvalue weighted by molar-refractivity contribution is 14.0. The van der Waals surface area contributed by atoms with Gasteiger partial charge in [-0.15, -0.1) is 24.0 Å². The van der Waals surface area contributed by atoms with E-state index in [1.165, 1.54) is 18.4 Å². The van der Waals surface area contributed by atoms with Crippen molar-refractivity contribution in [1.29, 1.82) is 0 Å². The van der Waals surface area contributed by atoms with E-state index in [9.17, 15) is 0 Å². The summed E-state index contributed by atoms with van der Waals surface area (Å²) in [7, 11) is 1.89. The number of halogens is 2. The summed E-state index contributed by atoms with van der Waals surface area (Å²) in [6.45, 7) is 4.37. The number of benzene rings is 1. The van der Waals surface area contributed by atoms with Crippen LogP contribution in [0.15, 0.2) is 52.5 Å². The lowest BCUT2D eigenvalue weighted by molar-refractivity contribution is 0.189. The number of nitrogens with one attached hydrogen (secondary N) is 1. The second kappa shape index (κ2) is 8.94. The van der Waals surface area contributed by atoms with Crippen molar-refractivity contribution in [3.05, 3.63) is 53.0 Å². The van der Waals surface area contributed by atoms with Crippen LogP contribution < -0.4 is 5.32 Å². The van der Waals surface area contributed by atoms with Gasteiger partial charge >= 0.3 is 0 Å². The maximum absolute atomic E-state index is 4.57. The molecular weight excluding hydrogens is 517 g/mol. The van der Waals surface area contributed by atoms with Crippen molar-refractivity contribution in [3.8, 4) is 0 Å². The Morgan fingerprint density at radius 2 is 2.07 bits per heavy atom. The van der Waals surface area contributed by atoms with Crippen LogP contribution in [0.2, 0.25) is 0 Å². The Morgan fingerprint density at radius 1 is 1.30 bits per heavy atom. The highest BCUT2D eigenvalue weighted by Crippen LogP contribution is 2.41. The Hall–Kier alpha value is -1.09. The van der Waals surface area contributed by atoms with E-state index >= 15 is 0 Å². The van der Waals surface area contributed by atoms with Crippen molar-refractivity contribution in [3.63, 3.8) is 0 Å². The molecule has 1 N–H and O–H groups in total. The number of aromatic nitrogens is 2. The quantitative estimate of drug-likeness (QED) is 0.357. The van der Waals surface area contributed by atoms with Crippen molar-refractivity contribution in [2.75, 3.05) is 20.1 Å². The molecule has 2 fully saturated rings. The number of nitrogens with zero attached hydrogens (tertiary/aromatic N) is 4. The third-order valence-electron chi connectivity index (χ3n) is 5.74. The maximum Gasteiger partial charge on any atom is 0.193 e. The average Bonchev–Trinajstić information content (AvgIpc) is 3.20. The Morgan fingerprint density at radius 3 is 2.74 bits per heavy atom. The summed E-state index contributed by atoms with van der Waals surface area (Å²) in [5.41, 5.74) is 1.41. The summed E-state index contributed by atoms with van der Waals surface area (Å²) in [6.07, 6.45) is 8.22. The molecular formula is C20H27BrIN5. The topological polar surface area (TPSA) is 45.5 Å². The lowest BCUT2D eigenvalue weighted by Crippen LogP contribution is -2.49. The van der Waals surface area contributed by atoms with Crippen LogP contribution in [0.4, 0.5) is 0 Å². The van der Waals surface area contributed by atoms with Gasteiger partial charge < -0.3 is 14.8 Å². The van der Waals surface area contributed by atoms with Gasteiger partial charge in [-0.2, -0.15) is 0 Å². The summed E-state index contributed by atoms with van der Waals surface area (Å²) in [6, 6.07) is 9.63. The highest BCUT2D eigenvalue weighted by atomic mass is 127. The number of guanidine groups is 1. The van der Waals surface area contributed by atoms with Crippen LogP contribution >= 0.6 is 39.9 Å². The molecule has 4 rings (SSSR count). The van der Waals surface area contributed by atoms with Crippen LogP contribution in [0, 0.1) is 5.92 Å². The Kier molecular flexibility index (Phi) is 6.83. The summed E-state index contributed by atoms with van der Waals surface area (Å²) in [4.78, 5) is 11.2. The van der Waals surface area contributed by atoms with Gasteiger partial charge in [0.2, 0.25) is 0 Å². The summed E-state index contributed by atoms with van der Waals surface area (Å²) in [5.74, 6) is 2.27. The molecule has 0 spiro atoms. The number of rotatable bonds is 3. The van der Waals surface area contributed by atoms with Gasteiger partial charge in [-0.05, 0) is 36.5 Å². The average molecular weight is 544 g/mol. The number of hydrogen-bond acceptors (Lipinski definition) is 2. The van der Waals surface area contributed by atoms with Crippen molar-refractivity contribution < 1.29 is 0 Å². The van der Waals surface area contributed by atoms with Crippen LogP contribution in [0.25, 0.3) is 0 Å². The van der Waals surface area contributed by atoms with E-state index in [0.29, 0.717) is 23.9 Å². The molecule has 146 valence electrons. The SMILES string of the molecule is CN=C(NC1CC1c1ccc(Br)cc1)N1CCC(C)C(n2ccnc2)C1.I. The largest absolute Gasteiger partial charge is 0.353 e. The molecule has 1 saturated heterocycles. The monoisotopic (exact) mass is 543 g/mol. The Labute approximate surface area is 186 Å². The third-order valence-corrected chi connectivity index (χ3v) is 6.27. The molecule has 7 heteroatoms. The first-order valence-corrected chi connectivity index (χ1v) is 10.2. The zero-order valence-corrected chi connectivity index (χ0v) is 19.7. The molecule has 5 nitrogen and oxygen atoms in total. The van der Waals surface area contributed by atoms with E-state index in [-0.39, 0.29) is 24.0 Å². The predicted molar refractivity (Wildman–Crippen MR) is 124 cm³/mol. The second-order valence-electron chi connectivity index (χ2n) is 7.48. The molecule has 0 radical (unpaired) electrons. The van der Waals surface area contributed by atoms with E-state index in [1.807, 2.05) is 19.6 Å². The maximum atomic E-state index is 4.57. The molecule has 1 aromatic carbocycles. The lowest BCUT2D eigenvalue weighted by Gasteiger charge is -2.39. The molecule has 0 amide bonds. The van der Waals surface area contributed by atoms with Gasteiger partial charge in [-0.3, -0.25) is 4.99 Å². The van der Waals surface area contributed by atoms with Crippen LogP contribution in [0.3, 0.4) is 0 Å². The molecule has 4 unspecified atom stereocenters. The van der Waals surface area contributed by atoms with Gasteiger partial charge in [0.1, 0.15) is 0 Å². The minimum atomic E-state index is 0. The zero-order valence-electron chi connectivity index (χ0n) is 15.8. The normalized spacial score (nSPS) is 27.8. The van der Waals surface area contributed by atoms with Gasteiger partial charge in [0.05, 0.1) is 12.4 Å². The van der Waals surface area contributed by atoms with Gasteiger partial charge in [0, 0.05) is 49.0 Å². The molecule has 1 aliphatic heterocycles. The minimum Gasteiger partial charge on any atom is -0.353 e. The molecule has 1 aromatic heterocycles. The molecule has 2 aromatic rings. The smallest absolute Gasteiger partial charge is 0.193 e. The van der Waals surface area contributed by atoms with E-state index in [2.05, 4.69) is 78.1 Å². The van der Waals surface area contributed by atoms with Crippen LogP contribution in [0.5, 0.6) is 0 Å². The second-order valence-corrected chi connectivity index (χ2v) is 8.40.